The summed E-state index contributed by atoms with van der Waals surface area (Å²) in [4.78, 5) is 13.5. The number of aliphatic hydroxyl groups excluding tert-OH is 1. The van der Waals surface area contributed by atoms with Crippen molar-refractivity contribution in [1.82, 2.24) is 4.90 Å². The van der Waals surface area contributed by atoms with Gasteiger partial charge < -0.3 is 19.5 Å². The number of carbonyl (C=O) groups is 1. The second-order valence-electron chi connectivity index (χ2n) is 6.04. The summed E-state index contributed by atoms with van der Waals surface area (Å²) < 4.78 is 11.9. The Balaban J connectivity index is 1.98. The van der Waals surface area contributed by atoms with E-state index in [1.807, 2.05) is 45.0 Å². The molecule has 0 saturated carbocycles. The molecule has 0 spiro atoms. The van der Waals surface area contributed by atoms with Gasteiger partial charge in [0.15, 0.2) is 0 Å². The molecule has 2 unspecified atom stereocenters. The van der Waals surface area contributed by atoms with E-state index in [1.165, 1.54) is 4.90 Å². The van der Waals surface area contributed by atoms with E-state index < -0.39 is 23.9 Å². The summed E-state index contributed by atoms with van der Waals surface area (Å²) in [7, 11) is 0. The summed E-state index contributed by atoms with van der Waals surface area (Å²) in [6.45, 7) is 5.95. The number of aliphatic hydroxyl groups is 1. The van der Waals surface area contributed by atoms with E-state index in [9.17, 15) is 9.90 Å². The van der Waals surface area contributed by atoms with Crippen LogP contribution in [0.15, 0.2) is 28.7 Å². The lowest BCUT2D eigenvalue weighted by molar-refractivity contribution is 0.0268. The second-order valence-corrected chi connectivity index (χ2v) is 6.89. The van der Waals surface area contributed by atoms with Crippen LogP contribution in [0.2, 0.25) is 0 Å². The van der Waals surface area contributed by atoms with Gasteiger partial charge in [0.05, 0.1) is 17.6 Å². The molecule has 6 heteroatoms. The molecule has 1 aliphatic heterocycles. The third-order valence-corrected chi connectivity index (χ3v) is 3.66. The molecular formula is C15H20BrNO4. The fraction of sp³-hybridized carbons (Fsp3) is 0.533. The minimum Gasteiger partial charge on any atom is -0.485 e. The fourth-order valence-corrected chi connectivity index (χ4v) is 2.43. The van der Waals surface area contributed by atoms with Crippen molar-refractivity contribution in [2.45, 2.75) is 38.6 Å². The number of amides is 1. The van der Waals surface area contributed by atoms with Crippen LogP contribution in [0.25, 0.3) is 0 Å². The van der Waals surface area contributed by atoms with Crippen molar-refractivity contribution in [2.24, 2.45) is 0 Å². The average Bonchev–Trinajstić information content (AvgIpc) is 2.72. The zero-order valence-electron chi connectivity index (χ0n) is 12.4. The van der Waals surface area contributed by atoms with Crippen LogP contribution in [-0.4, -0.2) is 47.0 Å². The van der Waals surface area contributed by atoms with Gasteiger partial charge >= 0.3 is 6.09 Å². The number of para-hydroxylation sites is 1. The van der Waals surface area contributed by atoms with Crippen molar-refractivity contribution in [2.75, 3.05) is 13.1 Å². The Labute approximate surface area is 133 Å². The summed E-state index contributed by atoms with van der Waals surface area (Å²) in [5, 5.41) is 10.1. The van der Waals surface area contributed by atoms with Crippen molar-refractivity contribution in [3.63, 3.8) is 0 Å². The molecule has 116 valence electrons. The zero-order valence-corrected chi connectivity index (χ0v) is 14.0. The van der Waals surface area contributed by atoms with E-state index in [2.05, 4.69) is 15.9 Å². The number of β-amino-alcohol motifs (C(OH)–C–C–N with tert-alkyl or cyclic N) is 1. The van der Waals surface area contributed by atoms with Gasteiger partial charge in [-0.15, -0.1) is 0 Å². The number of hydrogen-bond acceptors (Lipinski definition) is 4. The third-order valence-electron chi connectivity index (χ3n) is 3.00. The van der Waals surface area contributed by atoms with Gasteiger partial charge in [-0.1, -0.05) is 12.1 Å². The number of carbonyl (C=O) groups excluding carboxylic acids is 1. The maximum atomic E-state index is 12.0. The van der Waals surface area contributed by atoms with Crippen LogP contribution in [0, 0.1) is 0 Å². The largest absolute Gasteiger partial charge is 0.485 e. The molecule has 1 aliphatic rings. The smallest absolute Gasteiger partial charge is 0.410 e. The number of likely N-dealkylation sites (tertiary alicyclic amines) is 1. The number of nitrogens with zero attached hydrogens (tertiary/aromatic N) is 1. The monoisotopic (exact) mass is 357 g/mol. The third kappa shape index (κ3) is 4.35. The number of halogens is 1. The minimum absolute atomic E-state index is 0.212. The maximum absolute atomic E-state index is 12.0. The van der Waals surface area contributed by atoms with Crippen molar-refractivity contribution < 1.29 is 19.4 Å². The fourth-order valence-electron chi connectivity index (χ4n) is 2.05. The van der Waals surface area contributed by atoms with Gasteiger partial charge in [-0.05, 0) is 48.8 Å². The molecule has 1 fully saturated rings. The van der Waals surface area contributed by atoms with E-state index >= 15 is 0 Å². The molecule has 2 rings (SSSR count). The van der Waals surface area contributed by atoms with E-state index in [-0.39, 0.29) is 6.54 Å². The van der Waals surface area contributed by atoms with Gasteiger partial charge in [-0.2, -0.15) is 0 Å². The first-order valence-electron chi connectivity index (χ1n) is 6.83. The summed E-state index contributed by atoms with van der Waals surface area (Å²) in [5.74, 6) is 0.646. The Morgan fingerprint density at radius 1 is 1.33 bits per heavy atom. The molecule has 0 radical (unpaired) electrons. The summed E-state index contributed by atoms with van der Waals surface area (Å²) in [6.07, 6.45) is -1.62. The van der Waals surface area contributed by atoms with Crippen LogP contribution in [0.1, 0.15) is 20.8 Å². The Bertz CT molecular complexity index is 515. The first-order chi connectivity index (χ1) is 9.76. The number of benzene rings is 1. The van der Waals surface area contributed by atoms with Crippen molar-refractivity contribution in [3.8, 4) is 5.75 Å². The van der Waals surface area contributed by atoms with E-state index in [0.717, 1.165) is 4.47 Å². The predicted octanol–water partition coefficient (Wildman–Crippen LogP) is 2.81. The molecule has 1 N–H and O–H groups in total. The molecule has 2 atom stereocenters. The molecule has 1 aromatic rings. The number of hydrogen-bond donors (Lipinski definition) is 1. The first-order valence-corrected chi connectivity index (χ1v) is 7.63. The molecule has 1 amide bonds. The average molecular weight is 358 g/mol. The summed E-state index contributed by atoms with van der Waals surface area (Å²) >= 11 is 3.40. The van der Waals surface area contributed by atoms with Gasteiger partial charge in [-0.25, -0.2) is 4.79 Å². The van der Waals surface area contributed by atoms with Crippen molar-refractivity contribution in [3.05, 3.63) is 28.7 Å². The Morgan fingerprint density at radius 2 is 2.00 bits per heavy atom. The van der Waals surface area contributed by atoms with Crippen LogP contribution in [0.4, 0.5) is 4.79 Å². The molecule has 0 aromatic heterocycles. The lowest BCUT2D eigenvalue weighted by atomic mass is 10.2. The summed E-state index contributed by atoms with van der Waals surface area (Å²) in [6, 6.07) is 7.41. The molecule has 1 saturated heterocycles. The molecule has 1 heterocycles. The lowest BCUT2D eigenvalue weighted by Gasteiger charge is -2.24. The maximum Gasteiger partial charge on any atom is 0.410 e. The van der Waals surface area contributed by atoms with E-state index in [1.54, 1.807) is 0 Å². The number of ether oxygens (including phenoxy) is 2. The predicted molar refractivity (Wildman–Crippen MR) is 82.4 cm³/mol. The van der Waals surface area contributed by atoms with Crippen LogP contribution in [0.3, 0.4) is 0 Å². The molecule has 5 nitrogen and oxygen atoms in total. The van der Waals surface area contributed by atoms with Crippen LogP contribution in [0.5, 0.6) is 5.75 Å². The van der Waals surface area contributed by atoms with Gasteiger partial charge in [0.1, 0.15) is 23.6 Å². The molecule has 0 aliphatic carbocycles. The molecule has 0 bridgehead atoms. The second kappa shape index (κ2) is 6.23. The topological polar surface area (TPSA) is 59.0 Å². The number of rotatable bonds is 2. The Morgan fingerprint density at radius 3 is 2.62 bits per heavy atom. The van der Waals surface area contributed by atoms with Crippen molar-refractivity contribution in [1.29, 1.82) is 0 Å². The van der Waals surface area contributed by atoms with E-state index in [0.29, 0.717) is 12.3 Å². The first kappa shape index (κ1) is 16.1. The van der Waals surface area contributed by atoms with E-state index in [4.69, 9.17) is 9.47 Å². The standard InChI is InChI=1S/C15H20BrNO4/c1-15(2,3)21-14(19)17-8-11(18)13(9-17)20-12-7-5-4-6-10(12)16/h4-7,11,13,18H,8-9H2,1-3H3. The molecular weight excluding hydrogens is 338 g/mol. The Kier molecular flexibility index (Phi) is 4.78. The highest BCUT2D eigenvalue weighted by atomic mass is 79.9. The molecule has 21 heavy (non-hydrogen) atoms. The lowest BCUT2D eigenvalue weighted by Crippen LogP contribution is -2.36. The van der Waals surface area contributed by atoms with Crippen LogP contribution < -0.4 is 4.74 Å². The van der Waals surface area contributed by atoms with Gasteiger partial charge in [0.2, 0.25) is 0 Å². The Hall–Kier alpha value is -1.27. The highest BCUT2D eigenvalue weighted by molar-refractivity contribution is 9.10. The minimum atomic E-state index is -0.732. The highest BCUT2D eigenvalue weighted by Crippen LogP contribution is 2.27. The van der Waals surface area contributed by atoms with Crippen molar-refractivity contribution >= 4 is 22.0 Å². The van der Waals surface area contributed by atoms with Gasteiger partial charge in [-0.3, -0.25) is 0 Å². The molecule has 1 aromatic carbocycles. The SMILES string of the molecule is CC(C)(C)OC(=O)N1CC(O)C(Oc2ccccc2Br)C1. The summed E-state index contributed by atoms with van der Waals surface area (Å²) in [5.41, 5.74) is -0.552. The van der Waals surface area contributed by atoms with Crippen LogP contribution in [-0.2, 0) is 4.74 Å². The van der Waals surface area contributed by atoms with Crippen LogP contribution >= 0.6 is 15.9 Å². The quantitative estimate of drug-likeness (QED) is 0.883. The highest BCUT2D eigenvalue weighted by Gasteiger charge is 2.37. The van der Waals surface area contributed by atoms with Gasteiger partial charge in [0.25, 0.3) is 0 Å². The zero-order chi connectivity index (χ0) is 15.6. The van der Waals surface area contributed by atoms with Gasteiger partial charge in [0, 0.05) is 0 Å². The normalized spacial score (nSPS) is 22.2.